The van der Waals surface area contributed by atoms with Gasteiger partial charge in [0.25, 0.3) is 0 Å². The Bertz CT molecular complexity index is 504. The number of rotatable bonds is 7. The number of nitrogens with one attached hydrogen (secondary N) is 1. The zero-order chi connectivity index (χ0) is 14.5. The number of aromatic nitrogens is 1. The van der Waals surface area contributed by atoms with Crippen molar-refractivity contribution in [2.75, 3.05) is 18.5 Å². The number of hydrogen-bond acceptors (Lipinski definition) is 5. The molecule has 0 bridgehead atoms. The maximum absolute atomic E-state index is 12.5. The van der Waals surface area contributed by atoms with E-state index in [0.29, 0.717) is 24.8 Å². The Morgan fingerprint density at radius 2 is 2.16 bits per heavy atom. The quantitative estimate of drug-likeness (QED) is 0.584. The number of nitrogen functional groups attached to an aromatic ring is 1. The molecule has 6 nitrogen and oxygen atoms in total. The Morgan fingerprint density at radius 3 is 2.68 bits per heavy atom. The Kier molecular flexibility index (Phi) is 5.71. The van der Waals surface area contributed by atoms with Gasteiger partial charge in [0.15, 0.2) is 0 Å². The van der Waals surface area contributed by atoms with E-state index < -0.39 is 10.0 Å². The van der Waals surface area contributed by atoms with Crippen molar-refractivity contribution in [2.45, 2.75) is 32.1 Å². The molecule has 19 heavy (non-hydrogen) atoms. The summed E-state index contributed by atoms with van der Waals surface area (Å²) in [6.07, 6.45) is 2.37. The summed E-state index contributed by atoms with van der Waals surface area (Å²) >= 11 is 0. The molecule has 0 saturated carbocycles. The first kappa shape index (κ1) is 15.9. The maximum Gasteiger partial charge on any atom is 0.243 e. The van der Waals surface area contributed by atoms with E-state index in [1.807, 2.05) is 20.8 Å². The summed E-state index contributed by atoms with van der Waals surface area (Å²) in [5.41, 5.74) is 2.35. The monoisotopic (exact) mass is 286 g/mol. The number of nitrogens with two attached hydrogens (primary N) is 1. The highest BCUT2D eigenvalue weighted by atomic mass is 32.2. The fraction of sp³-hybridized carbons (Fsp3) is 0.583. The molecule has 1 atom stereocenters. The van der Waals surface area contributed by atoms with Crippen molar-refractivity contribution in [3.05, 3.63) is 18.3 Å². The molecule has 0 radical (unpaired) electrons. The van der Waals surface area contributed by atoms with E-state index >= 15 is 0 Å². The van der Waals surface area contributed by atoms with Crippen molar-refractivity contribution in [1.29, 1.82) is 0 Å². The lowest BCUT2D eigenvalue weighted by Crippen LogP contribution is -2.34. The third kappa shape index (κ3) is 3.89. The van der Waals surface area contributed by atoms with E-state index in [2.05, 4.69) is 10.4 Å². The van der Waals surface area contributed by atoms with Gasteiger partial charge in [-0.05, 0) is 12.0 Å². The minimum Gasteiger partial charge on any atom is -0.308 e. The normalized spacial score (nSPS) is 13.5. The molecule has 1 unspecified atom stereocenters. The smallest absolute Gasteiger partial charge is 0.243 e. The summed E-state index contributed by atoms with van der Waals surface area (Å²) in [7, 11) is -3.49. The second kappa shape index (κ2) is 6.83. The van der Waals surface area contributed by atoms with E-state index in [9.17, 15) is 8.42 Å². The van der Waals surface area contributed by atoms with Crippen LogP contribution in [0.3, 0.4) is 0 Å². The van der Waals surface area contributed by atoms with Crippen LogP contribution in [0.15, 0.2) is 23.2 Å². The molecule has 1 aromatic rings. The van der Waals surface area contributed by atoms with Gasteiger partial charge in [-0.25, -0.2) is 19.2 Å². The molecule has 1 rings (SSSR count). The number of hydrazine groups is 1. The van der Waals surface area contributed by atoms with Crippen LogP contribution in [0.25, 0.3) is 0 Å². The molecule has 7 heteroatoms. The van der Waals surface area contributed by atoms with Crippen LogP contribution in [0.5, 0.6) is 0 Å². The highest BCUT2D eigenvalue weighted by molar-refractivity contribution is 7.89. The van der Waals surface area contributed by atoms with Crippen LogP contribution < -0.4 is 11.3 Å². The molecular formula is C12H22N4O2S. The average Bonchev–Trinajstić information content (AvgIpc) is 2.44. The Hall–Kier alpha value is -1.18. The Labute approximate surface area is 115 Å². The summed E-state index contributed by atoms with van der Waals surface area (Å²) < 4.78 is 26.5. The van der Waals surface area contributed by atoms with Gasteiger partial charge in [-0.2, -0.15) is 4.31 Å². The lowest BCUT2D eigenvalue weighted by molar-refractivity contribution is 0.361. The van der Waals surface area contributed by atoms with Gasteiger partial charge in [0, 0.05) is 25.4 Å². The third-order valence-corrected chi connectivity index (χ3v) is 5.02. The zero-order valence-electron chi connectivity index (χ0n) is 11.6. The van der Waals surface area contributed by atoms with Gasteiger partial charge in [-0.3, -0.25) is 0 Å². The van der Waals surface area contributed by atoms with Gasteiger partial charge < -0.3 is 5.43 Å². The molecule has 0 amide bonds. The molecule has 0 fully saturated rings. The van der Waals surface area contributed by atoms with Crippen LogP contribution in [-0.4, -0.2) is 30.8 Å². The van der Waals surface area contributed by atoms with Crippen LogP contribution in [0.2, 0.25) is 0 Å². The second-order valence-electron chi connectivity index (χ2n) is 4.49. The van der Waals surface area contributed by atoms with Crippen molar-refractivity contribution in [3.63, 3.8) is 0 Å². The summed E-state index contributed by atoms with van der Waals surface area (Å²) in [4.78, 5) is 4.12. The molecule has 3 N–H and O–H groups in total. The van der Waals surface area contributed by atoms with E-state index in [1.165, 1.54) is 22.6 Å². The van der Waals surface area contributed by atoms with Gasteiger partial charge in [0.1, 0.15) is 5.82 Å². The fourth-order valence-corrected chi connectivity index (χ4v) is 3.26. The van der Waals surface area contributed by atoms with Crippen molar-refractivity contribution < 1.29 is 8.42 Å². The number of sulfonamides is 1. The van der Waals surface area contributed by atoms with Crippen molar-refractivity contribution in [3.8, 4) is 0 Å². The minimum absolute atomic E-state index is 0.209. The van der Waals surface area contributed by atoms with E-state index in [-0.39, 0.29) is 4.90 Å². The second-order valence-corrected chi connectivity index (χ2v) is 6.43. The van der Waals surface area contributed by atoms with Crippen molar-refractivity contribution in [2.24, 2.45) is 11.8 Å². The molecule has 0 aromatic carbocycles. The van der Waals surface area contributed by atoms with Gasteiger partial charge in [0.05, 0.1) is 4.90 Å². The SMILES string of the molecule is CCC(C)CN(CC)S(=O)(=O)c1ccnc(NN)c1. The number of pyridine rings is 1. The van der Waals surface area contributed by atoms with E-state index in [0.717, 1.165) is 6.42 Å². The number of hydrogen-bond donors (Lipinski definition) is 2. The summed E-state index contributed by atoms with van der Waals surface area (Å²) in [6.45, 7) is 6.89. The number of anilines is 1. The summed E-state index contributed by atoms with van der Waals surface area (Å²) in [5, 5.41) is 0. The van der Waals surface area contributed by atoms with E-state index in [1.54, 1.807) is 0 Å². The van der Waals surface area contributed by atoms with Crippen LogP contribution in [-0.2, 0) is 10.0 Å². The van der Waals surface area contributed by atoms with Gasteiger partial charge in [0.2, 0.25) is 10.0 Å². The first-order chi connectivity index (χ1) is 8.95. The summed E-state index contributed by atoms with van der Waals surface area (Å²) in [5.74, 6) is 5.91. The minimum atomic E-state index is -3.49. The molecule has 0 aliphatic rings. The van der Waals surface area contributed by atoms with E-state index in [4.69, 9.17) is 5.84 Å². The number of nitrogens with zero attached hydrogens (tertiary/aromatic N) is 2. The third-order valence-electron chi connectivity index (χ3n) is 3.08. The highest BCUT2D eigenvalue weighted by Gasteiger charge is 2.24. The first-order valence-corrected chi connectivity index (χ1v) is 7.82. The molecule has 0 spiro atoms. The fourth-order valence-electron chi connectivity index (χ4n) is 1.67. The average molecular weight is 286 g/mol. The molecule has 0 aliphatic carbocycles. The van der Waals surface area contributed by atoms with Crippen molar-refractivity contribution in [1.82, 2.24) is 9.29 Å². The lowest BCUT2D eigenvalue weighted by atomic mass is 10.1. The van der Waals surface area contributed by atoms with Gasteiger partial charge in [-0.1, -0.05) is 27.2 Å². The molecular weight excluding hydrogens is 264 g/mol. The molecule has 1 heterocycles. The standard InChI is InChI=1S/C12H22N4O2S/c1-4-10(3)9-16(5-2)19(17,18)11-6-7-14-12(8-11)15-13/h6-8,10H,4-5,9,13H2,1-3H3,(H,14,15). The predicted molar refractivity (Wildman–Crippen MR) is 75.9 cm³/mol. The summed E-state index contributed by atoms with van der Waals surface area (Å²) in [6, 6.07) is 2.92. The largest absolute Gasteiger partial charge is 0.308 e. The van der Waals surface area contributed by atoms with Crippen LogP contribution in [0.1, 0.15) is 27.2 Å². The van der Waals surface area contributed by atoms with Crippen LogP contribution in [0, 0.1) is 5.92 Å². The Balaban J connectivity index is 3.05. The molecule has 0 saturated heterocycles. The zero-order valence-corrected chi connectivity index (χ0v) is 12.4. The van der Waals surface area contributed by atoms with Gasteiger partial charge in [-0.15, -0.1) is 0 Å². The van der Waals surface area contributed by atoms with Gasteiger partial charge >= 0.3 is 0 Å². The van der Waals surface area contributed by atoms with Crippen LogP contribution in [0.4, 0.5) is 5.82 Å². The topological polar surface area (TPSA) is 88.3 Å². The maximum atomic E-state index is 12.5. The lowest BCUT2D eigenvalue weighted by Gasteiger charge is -2.23. The Morgan fingerprint density at radius 1 is 1.47 bits per heavy atom. The first-order valence-electron chi connectivity index (χ1n) is 6.38. The predicted octanol–water partition coefficient (Wildman–Crippen LogP) is 1.42. The molecule has 0 aliphatic heterocycles. The highest BCUT2D eigenvalue weighted by Crippen LogP contribution is 2.19. The van der Waals surface area contributed by atoms with Crippen molar-refractivity contribution >= 4 is 15.8 Å². The molecule has 1 aromatic heterocycles. The molecule has 108 valence electrons. The van der Waals surface area contributed by atoms with Crippen LogP contribution >= 0.6 is 0 Å².